The highest BCUT2D eigenvalue weighted by Crippen LogP contribution is 2.05. The molecule has 3 N–H and O–H groups in total. The minimum atomic E-state index is -0.236. The molecule has 4 nitrogen and oxygen atoms in total. The molecule has 1 amide bonds. The molecule has 0 aromatic carbocycles. The fourth-order valence-electron chi connectivity index (χ4n) is 0.867. The predicted molar refractivity (Wildman–Crippen MR) is 55.2 cm³/mol. The van der Waals surface area contributed by atoms with Gasteiger partial charge in [0, 0.05) is 18.8 Å². The summed E-state index contributed by atoms with van der Waals surface area (Å²) in [4.78, 5) is 15.3. The van der Waals surface area contributed by atoms with Gasteiger partial charge in [-0.3, -0.25) is 4.79 Å². The highest BCUT2D eigenvalue weighted by atomic mass is 35.5. The first-order valence-electron chi connectivity index (χ1n) is 4.26. The Kier molecular flexibility index (Phi) is 3.85. The number of hydrogen-bond donors (Lipinski definition) is 2. The molecular weight excluding hydrogens is 202 g/mol. The van der Waals surface area contributed by atoms with Crippen LogP contribution in [0.2, 0.25) is 5.02 Å². The second-order valence-electron chi connectivity index (χ2n) is 2.97. The van der Waals surface area contributed by atoms with E-state index in [1.807, 2.05) is 6.92 Å². The molecule has 1 aromatic rings. The molecule has 0 fully saturated rings. The number of nitrogens with one attached hydrogen (secondary N) is 1. The summed E-state index contributed by atoms with van der Waals surface area (Å²) < 4.78 is 0. The number of pyridine rings is 1. The number of carbonyl (C=O) groups excluding carboxylic acids is 1. The lowest BCUT2D eigenvalue weighted by molar-refractivity contribution is 0.0936. The van der Waals surface area contributed by atoms with E-state index in [2.05, 4.69) is 10.3 Å². The molecule has 1 rings (SSSR count). The number of aromatic nitrogens is 1. The van der Waals surface area contributed by atoms with Crippen LogP contribution >= 0.6 is 11.6 Å². The molecule has 0 unspecified atom stereocenters. The molecule has 0 bridgehead atoms. The standard InChI is InChI=1S/C9H12ClN3O/c1-6(4-11)13-9(14)8-3-2-7(10)5-12-8/h2-3,5-6H,4,11H2,1H3,(H,13,14)/t6-/m0/s1. The van der Waals surface area contributed by atoms with Gasteiger partial charge in [0.05, 0.1) is 5.02 Å². The zero-order valence-electron chi connectivity index (χ0n) is 7.83. The maximum atomic E-state index is 11.5. The molecule has 1 atom stereocenters. The molecule has 0 aliphatic carbocycles. The van der Waals surface area contributed by atoms with Crippen LogP contribution in [0.3, 0.4) is 0 Å². The van der Waals surface area contributed by atoms with Crippen LogP contribution < -0.4 is 11.1 Å². The van der Waals surface area contributed by atoms with E-state index in [0.717, 1.165) is 0 Å². The van der Waals surface area contributed by atoms with Gasteiger partial charge in [0.15, 0.2) is 0 Å². The van der Waals surface area contributed by atoms with Crippen molar-refractivity contribution in [3.05, 3.63) is 29.0 Å². The number of nitrogens with zero attached hydrogens (tertiary/aromatic N) is 1. The van der Waals surface area contributed by atoms with E-state index in [4.69, 9.17) is 17.3 Å². The van der Waals surface area contributed by atoms with E-state index >= 15 is 0 Å². The summed E-state index contributed by atoms with van der Waals surface area (Å²) in [7, 11) is 0. The van der Waals surface area contributed by atoms with Crippen molar-refractivity contribution in [1.29, 1.82) is 0 Å². The Labute approximate surface area is 87.5 Å². The first-order valence-corrected chi connectivity index (χ1v) is 4.63. The smallest absolute Gasteiger partial charge is 0.270 e. The lowest BCUT2D eigenvalue weighted by Crippen LogP contribution is -2.38. The van der Waals surface area contributed by atoms with Crippen molar-refractivity contribution in [1.82, 2.24) is 10.3 Å². The molecule has 0 aliphatic rings. The summed E-state index contributed by atoms with van der Waals surface area (Å²) in [6.07, 6.45) is 1.43. The van der Waals surface area contributed by atoms with Crippen molar-refractivity contribution in [3.8, 4) is 0 Å². The Hall–Kier alpha value is -1.13. The third kappa shape index (κ3) is 2.97. The van der Waals surface area contributed by atoms with Gasteiger partial charge in [-0.25, -0.2) is 4.98 Å². The van der Waals surface area contributed by atoms with E-state index in [0.29, 0.717) is 17.3 Å². The van der Waals surface area contributed by atoms with Crippen LogP contribution in [0.25, 0.3) is 0 Å². The maximum Gasteiger partial charge on any atom is 0.270 e. The molecule has 1 aromatic heterocycles. The summed E-state index contributed by atoms with van der Waals surface area (Å²) in [5.41, 5.74) is 5.71. The molecule has 0 saturated carbocycles. The number of amides is 1. The molecule has 5 heteroatoms. The highest BCUT2D eigenvalue weighted by molar-refractivity contribution is 6.30. The van der Waals surface area contributed by atoms with Crippen molar-refractivity contribution in [3.63, 3.8) is 0 Å². The van der Waals surface area contributed by atoms with Crippen molar-refractivity contribution >= 4 is 17.5 Å². The van der Waals surface area contributed by atoms with E-state index in [1.54, 1.807) is 12.1 Å². The van der Waals surface area contributed by atoms with E-state index in [9.17, 15) is 4.79 Å². The van der Waals surface area contributed by atoms with Gasteiger partial charge in [-0.2, -0.15) is 0 Å². The second-order valence-corrected chi connectivity index (χ2v) is 3.41. The third-order valence-electron chi connectivity index (χ3n) is 1.69. The maximum absolute atomic E-state index is 11.5. The van der Waals surface area contributed by atoms with E-state index in [-0.39, 0.29) is 11.9 Å². The van der Waals surface area contributed by atoms with Gasteiger partial charge in [0.2, 0.25) is 0 Å². The lowest BCUT2D eigenvalue weighted by atomic mass is 10.3. The minimum absolute atomic E-state index is 0.0556. The van der Waals surface area contributed by atoms with E-state index in [1.165, 1.54) is 6.20 Å². The molecule has 0 aliphatic heterocycles. The predicted octanol–water partition coefficient (Wildman–Crippen LogP) is 0.812. The zero-order valence-corrected chi connectivity index (χ0v) is 8.58. The zero-order chi connectivity index (χ0) is 10.6. The summed E-state index contributed by atoms with van der Waals surface area (Å²) in [6, 6.07) is 3.14. The third-order valence-corrected chi connectivity index (χ3v) is 1.91. The Bertz CT molecular complexity index is 312. The Morgan fingerprint density at radius 3 is 2.93 bits per heavy atom. The van der Waals surface area contributed by atoms with Gasteiger partial charge in [-0.15, -0.1) is 0 Å². The number of halogens is 1. The van der Waals surface area contributed by atoms with Crippen LogP contribution in [-0.4, -0.2) is 23.5 Å². The summed E-state index contributed by atoms with van der Waals surface area (Å²) in [6.45, 7) is 2.23. The number of rotatable bonds is 3. The van der Waals surface area contributed by atoms with Crippen LogP contribution in [0, 0.1) is 0 Å². The van der Waals surface area contributed by atoms with Crippen molar-refractivity contribution in [2.24, 2.45) is 5.73 Å². The van der Waals surface area contributed by atoms with Crippen LogP contribution in [0.1, 0.15) is 17.4 Å². The highest BCUT2D eigenvalue weighted by Gasteiger charge is 2.08. The molecule has 0 saturated heterocycles. The monoisotopic (exact) mass is 213 g/mol. The van der Waals surface area contributed by atoms with Crippen LogP contribution in [-0.2, 0) is 0 Å². The Balaban J connectivity index is 2.65. The van der Waals surface area contributed by atoms with Crippen LogP contribution in [0.4, 0.5) is 0 Å². The van der Waals surface area contributed by atoms with E-state index < -0.39 is 0 Å². The first-order chi connectivity index (χ1) is 6.63. The van der Waals surface area contributed by atoms with Crippen molar-refractivity contribution in [2.75, 3.05) is 6.54 Å². The lowest BCUT2D eigenvalue weighted by Gasteiger charge is -2.10. The first kappa shape index (κ1) is 10.9. The molecule has 76 valence electrons. The SMILES string of the molecule is C[C@@H](CN)NC(=O)c1ccc(Cl)cn1. The average molecular weight is 214 g/mol. The van der Waals surface area contributed by atoms with Gasteiger partial charge >= 0.3 is 0 Å². The van der Waals surface area contributed by atoms with Gasteiger partial charge in [0.25, 0.3) is 5.91 Å². The molecule has 0 spiro atoms. The molecular formula is C9H12ClN3O. The van der Waals surface area contributed by atoms with Crippen molar-refractivity contribution in [2.45, 2.75) is 13.0 Å². The van der Waals surface area contributed by atoms with Gasteiger partial charge in [-0.1, -0.05) is 11.6 Å². The van der Waals surface area contributed by atoms with Crippen LogP contribution in [0.15, 0.2) is 18.3 Å². The summed E-state index contributed by atoms with van der Waals surface area (Å²) >= 11 is 5.64. The Morgan fingerprint density at radius 2 is 2.43 bits per heavy atom. The minimum Gasteiger partial charge on any atom is -0.347 e. The molecule has 0 radical (unpaired) electrons. The van der Waals surface area contributed by atoms with Gasteiger partial charge in [0.1, 0.15) is 5.69 Å². The normalized spacial score (nSPS) is 12.2. The van der Waals surface area contributed by atoms with Crippen molar-refractivity contribution < 1.29 is 4.79 Å². The second kappa shape index (κ2) is 4.93. The summed E-state index contributed by atoms with van der Waals surface area (Å²) in [5.74, 6) is -0.236. The fourth-order valence-corrected chi connectivity index (χ4v) is 0.979. The number of carbonyl (C=O) groups is 1. The fraction of sp³-hybridized carbons (Fsp3) is 0.333. The average Bonchev–Trinajstić information content (AvgIpc) is 2.18. The summed E-state index contributed by atoms with van der Waals surface area (Å²) in [5, 5.41) is 3.20. The number of hydrogen-bond acceptors (Lipinski definition) is 3. The topological polar surface area (TPSA) is 68.0 Å². The largest absolute Gasteiger partial charge is 0.347 e. The quantitative estimate of drug-likeness (QED) is 0.781. The van der Waals surface area contributed by atoms with Gasteiger partial charge in [-0.05, 0) is 19.1 Å². The number of nitrogens with two attached hydrogens (primary N) is 1. The van der Waals surface area contributed by atoms with Gasteiger partial charge < -0.3 is 11.1 Å². The molecule has 14 heavy (non-hydrogen) atoms. The van der Waals surface area contributed by atoms with Crippen LogP contribution in [0.5, 0.6) is 0 Å². The molecule has 1 heterocycles. The Morgan fingerprint density at radius 1 is 1.71 bits per heavy atom.